The number of benzene rings is 2. The maximum atomic E-state index is 14.0. The lowest BCUT2D eigenvalue weighted by atomic mass is 10.1. The summed E-state index contributed by atoms with van der Waals surface area (Å²) in [5, 5.41) is 6.84. The van der Waals surface area contributed by atoms with Gasteiger partial charge in [0.05, 0.1) is 10.6 Å². The van der Waals surface area contributed by atoms with Crippen molar-refractivity contribution in [3.8, 4) is 11.1 Å². The smallest absolute Gasteiger partial charge is 0.418 e. The standard InChI is InChI=1S/C27H26ClF3N6O2S/c1-3-37-24-16(12-20(25(37)38)19-6-5-18(40(2)39)14-22(19)28)15-33-26(35-24)34-17-4-7-23(21(13-17)27(29,30)31)36-10-8-32-9-11-36/h4-7,12-15,32H,3,8-11H2,1-2H3,(H,33,34,35)/t40-/m0/s1. The third-order valence-electron chi connectivity index (χ3n) is 6.72. The Bertz CT molecular complexity index is 1620. The highest BCUT2D eigenvalue weighted by Gasteiger charge is 2.35. The summed E-state index contributed by atoms with van der Waals surface area (Å²) in [6, 6.07) is 10.6. The first-order valence-electron chi connectivity index (χ1n) is 12.5. The van der Waals surface area contributed by atoms with E-state index in [1.807, 2.05) is 0 Å². The molecule has 40 heavy (non-hydrogen) atoms. The van der Waals surface area contributed by atoms with Crippen molar-refractivity contribution in [3.05, 3.63) is 69.6 Å². The molecule has 0 amide bonds. The van der Waals surface area contributed by atoms with Crippen molar-refractivity contribution in [2.24, 2.45) is 0 Å². The summed E-state index contributed by atoms with van der Waals surface area (Å²) >= 11 is 5.21. The Hall–Kier alpha value is -3.32. The number of rotatable bonds is 6. The lowest BCUT2D eigenvalue weighted by molar-refractivity contribution is -0.137. The van der Waals surface area contributed by atoms with Crippen molar-refractivity contribution in [2.45, 2.75) is 24.5 Å². The first-order valence-corrected chi connectivity index (χ1v) is 14.5. The quantitative estimate of drug-likeness (QED) is 0.304. The van der Waals surface area contributed by atoms with Crippen LogP contribution in [0.5, 0.6) is 0 Å². The van der Waals surface area contributed by atoms with E-state index >= 15 is 0 Å². The van der Waals surface area contributed by atoms with Crippen LogP contribution in [-0.4, -0.2) is 51.5 Å². The van der Waals surface area contributed by atoms with Crippen molar-refractivity contribution in [1.82, 2.24) is 19.9 Å². The molecule has 1 fully saturated rings. The summed E-state index contributed by atoms with van der Waals surface area (Å²) in [5.41, 5.74) is 0.351. The molecule has 0 unspecified atom stereocenters. The Morgan fingerprint density at radius 1 is 1.12 bits per heavy atom. The number of nitrogens with one attached hydrogen (secondary N) is 2. The number of hydrogen-bond acceptors (Lipinski definition) is 7. The fourth-order valence-corrected chi connectivity index (χ4v) is 5.64. The zero-order valence-corrected chi connectivity index (χ0v) is 23.3. The molecule has 1 saturated heterocycles. The van der Waals surface area contributed by atoms with Crippen LogP contribution < -0.4 is 21.1 Å². The van der Waals surface area contributed by atoms with Gasteiger partial charge in [-0.25, -0.2) is 4.98 Å². The molecule has 1 aliphatic rings. The predicted octanol–water partition coefficient (Wildman–Crippen LogP) is 5.04. The molecule has 2 aromatic carbocycles. The molecule has 3 heterocycles. The van der Waals surface area contributed by atoms with Crippen LogP contribution in [0.4, 0.5) is 30.5 Å². The number of aryl methyl sites for hydroxylation is 1. The fraction of sp³-hybridized carbons (Fsp3) is 0.296. The molecule has 0 bridgehead atoms. The number of alkyl halides is 3. The molecule has 2 aromatic heterocycles. The van der Waals surface area contributed by atoms with Crippen molar-refractivity contribution in [2.75, 3.05) is 42.7 Å². The van der Waals surface area contributed by atoms with Gasteiger partial charge in [0.2, 0.25) is 5.95 Å². The van der Waals surface area contributed by atoms with E-state index in [-0.39, 0.29) is 34.4 Å². The number of nitrogens with zero attached hydrogens (tertiary/aromatic N) is 4. The van der Waals surface area contributed by atoms with Crippen LogP contribution in [0.1, 0.15) is 12.5 Å². The Kier molecular flexibility index (Phi) is 7.96. The maximum absolute atomic E-state index is 14.0. The van der Waals surface area contributed by atoms with Gasteiger partial charge < -0.3 is 20.1 Å². The lowest BCUT2D eigenvalue weighted by Crippen LogP contribution is -2.44. The van der Waals surface area contributed by atoms with Gasteiger partial charge in [-0.3, -0.25) is 9.36 Å². The molecule has 8 nitrogen and oxygen atoms in total. The average molecular weight is 591 g/mol. The Labute approximate surface area is 236 Å². The molecule has 4 aromatic rings. The second kappa shape index (κ2) is 11.3. The van der Waals surface area contributed by atoms with E-state index in [9.17, 15) is 22.5 Å². The third-order valence-corrected chi connectivity index (χ3v) is 7.95. The molecule has 1 aliphatic heterocycles. The molecule has 13 heteroatoms. The number of piperazine rings is 1. The summed E-state index contributed by atoms with van der Waals surface area (Å²) < 4.78 is 55.2. The molecule has 0 radical (unpaired) electrons. The van der Waals surface area contributed by atoms with Crippen molar-refractivity contribution >= 4 is 51.1 Å². The van der Waals surface area contributed by atoms with Crippen LogP contribution in [-0.2, 0) is 23.9 Å². The van der Waals surface area contributed by atoms with Crippen molar-refractivity contribution in [3.63, 3.8) is 0 Å². The molecule has 5 rings (SSSR count). The number of fused-ring (bicyclic) bond motifs is 1. The molecular formula is C27H26ClF3N6O2S. The molecular weight excluding hydrogens is 565 g/mol. The maximum Gasteiger partial charge on any atom is 0.418 e. The summed E-state index contributed by atoms with van der Waals surface area (Å²) in [5.74, 6) is 0.0534. The highest BCUT2D eigenvalue weighted by Crippen LogP contribution is 2.39. The van der Waals surface area contributed by atoms with Crippen LogP contribution in [0.3, 0.4) is 0 Å². The Morgan fingerprint density at radius 2 is 1.88 bits per heavy atom. The van der Waals surface area contributed by atoms with E-state index in [2.05, 4.69) is 20.6 Å². The zero-order chi connectivity index (χ0) is 28.6. The van der Waals surface area contributed by atoms with E-state index < -0.39 is 22.9 Å². The van der Waals surface area contributed by atoms with Gasteiger partial charge in [0.25, 0.3) is 5.56 Å². The van der Waals surface area contributed by atoms with E-state index in [4.69, 9.17) is 11.6 Å². The topological polar surface area (TPSA) is 98.1 Å². The zero-order valence-electron chi connectivity index (χ0n) is 21.7. The summed E-state index contributed by atoms with van der Waals surface area (Å²) in [7, 11) is 0. The van der Waals surface area contributed by atoms with Gasteiger partial charge in [-0.15, -0.1) is 0 Å². The third kappa shape index (κ3) is 5.62. The highest BCUT2D eigenvalue weighted by molar-refractivity contribution is 7.90. The van der Waals surface area contributed by atoms with E-state index in [0.29, 0.717) is 53.2 Å². The van der Waals surface area contributed by atoms with Crippen molar-refractivity contribution in [1.29, 1.82) is 0 Å². The fourth-order valence-electron chi connectivity index (χ4n) is 4.75. The number of anilines is 3. The number of aromatic nitrogens is 3. The minimum Gasteiger partial charge on any atom is -0.612 e. The van der Waals surface area contributed by atoms with Gasteiger partial charge in [-0.05, 0) is 54.5 Å². The largest absolute Gasteiger partial charge is 0.612 e. The highest BCUT2D eigenvalue weighted by atomic mass is 35.5. The van der Waals surface area contributed by atoms with Crippen LogP contribution in [0.25, 0.3) is 22.2 Å². The van der Waals surface area contributed by atoms with Gasteiger partial charge in [0.15, 0.2) is 4.90 Å². The number of pyridine rings is 1. The van der Waals surface area contributed by atoms with Crippen molar-refractivity contribution < 1.29 is 17.7 Å². The Morgan fingerprint density at radius 3 is 2.52 bits per heavy atom. The van der Waals surface area contributed by atoms with Gasteiger partial charge in [0, 0.05) is 72.9 Å². The number of halogens is 4. The van der Waals surface area contributed by atoms with Crippen LogP contribution in [0.15, 0.2) is 58.4 Å². The minimum atomic E-state index is -4.55. The molecule has 0 saturated carbocycles. The van der Waals surface area contributed by atoms with Gasteiger partial charge in [-0.2, -0.15) is 18.2 Å². The summed E-state index contributed by atoms with van der Waals surface area (Å²) in [6.07, 6.45) is -1.51. The SMILES string of the molecule is CCn1c(=O)c(-c2ccc([S@+](C)[O-])cc2Cl)cc2cnc(Nc3ccc(N4CCNCC4)c(C(F)(F)F)c3)nc21. The predicted molar refractivity (Wildman–Crippen MR) is 152 cm³/mol. The van der Waals surface area contributed by atoms with E-state index in [1.54, 1.807) is 48.4 Å². The van der Waals surface area contributed by atoms with E-state index in [1.165, 1.54) is 16.8 Å². The van der Waals surface area contributed by atoms with Gasteiger partial charge in [0.1, 0.15) is 11.9 Å². The molecule has 210 valence electrons. The number of hydrogen-bond donors (Lipinski definition) is 2. The molecule has 2 N–H and O–H groups in total. The second-order valence-corrected chi connectivity index (χ2v) is 11.1. The lowest BCUT2D eigenvalue weighted by Gasteiger charge is -2.31. The van der Waals surface area contributed by atoms with Crippen LogP contribution in [0.2, 0.25) is 5.02 Å². The van der Waals surface area contributed by atoms with Gasteiger partial charge in [-0.1, -0.05) is 11.6 Å². The Balaban J connectivity index is 1.52. The first-order chi connectivity index (χ1) is 19.1. The van der Waals surface area contributed by atoms with E-state index in [0.717, 1.165) is 6.07 Å². The monoisotopic (exact) mass is 590 g/mol. The van der Waals surface area contributed by atoms with Crippen LogP contribution >= 0.6 is 11.6 Å². The molecule has 0 spiro atoms. The second-order valence-electron chi connectivity index (χ2n) is 9.27. The van der Waals surface area contributed by atoms with Gasteiger partial charge >= 0.3 is 6.18 Å². The first kappa shape index (κ1) is 28.2. The average Bonchev–Trinajstić information content (AvgIpc) is 2.93. The summed E-state index contributed by atoms with van der Waals surface area (Å²) in [6.45, 7) is 4.25. The summed E-state index contributed by atoms with van der Waals surface area (Å²) in [4.78, 5) is 24.4. The minimum absolute atomic E-state index is 0.0534. The normalized spacial score (nSPS) is 14.9. The molecule has 1 atom stereocenters. The molecule has 0 aliphatic carbocycles. The van der Waals surface area contributed by atoms with Crippen LogP contribution in [0, 0.1) is 0 Å².